The summed E-state index contributed by atoms with van der Waals surface area (Å²) < 4.78 is 1.74. The van der Waals surface area contributed by atoms with Crippen LogP contribution in [0, 0.1) is 13.8 Å². The Kier molecular flexibility index (Phi) is 4.95. The molecule has 0 spiro atoms. The number of nitrogens with one attached hydrogen (secondary N) is 1. The van der Waals surface area contributed by atoms with E-state index in [2.05, 4.69) is 10.4 Å². The van der Waals surface area contributed by atoms with Gasteiger partial charge in [0.1, 0.15) is 0 Å². The number of hydrogen-bond acceptors (Lipinski definition) is 3. The minimum absolute atomic E-state index is 0.173. The third-order valence-corrected chi connectivity index (χ3v) is 4.09. The Morgan fingerprint density at radius 3 is 2.44 bits per heavy atom. The van der Waals surface area contributed by atoms with Crippen molar-refractivity contribution in [3.8, 4) is 5.69 Å². The third kappa shape index (κ3) is 3.78. The lowest BCUT2D eigenvalue weighted by atomic mass is 10.1. The zero-order valence-corrected chi connectivity index (χ0v) is 14.3. The molecule has 0 aliphatic carbocycles. The second kappa shape index (κ2) is 7.32. The first kappa shape index (κ1) is 16.9. The van der Waals surface area contributed by atoms with Crippen molar-refractivity contribution in [2.45, 2.75) is 19.9 Å². The monoisotopic (exact) mass is 335 g/mol. The van der Waals surface area contributed by atoms with Crippen LogP contribution in [0.25, 0.3) is 5.69 Å². The van der Waals surface area contributed by atoms with Gasteiger partial charge in [0.2, 0.25) is 0 Å². The van der Waals surface area contributed by atoms with Crippen molar-refractivity contribution in [3.63, 3.8) is 0 Å². The molecule has 25 heavy (non-hydrogen) atoms. The molecule has 0 radical (unpaired) electrons. The first-order valence-electron chi connectivity index (χ1n) is 8.19. The van der Waals surface area contributed by atoms with E-state index in [1.165, 1.54) is 5.56 Å². The number of aromatic nitrogens is 2. The van der Waals surface area contributed by atoms with E-state index in [-0.39, 0.29) is 12.5 Å². The Morgan fingerprint density at radius 2 is 1.80 bits per heavy atom. The molecule has 1 unspecified atom stereocenters. The fourth-order valence-electron chi connectivity index (χ4n) is 2.68. The lowest BCUT2D eigenvalue weighted by molar-refractivity contribution is 0.0910. The third-order valence-electron chi connectivity index (χ3n) is 4.09. The Bertz CT molecular complexity index is 854. The normalized spacial score (nSPS) is 12.0. The Balaban J connectivity index is 1.81. The van der Waals surface area contributed by atoms with Gasteiger partial charge in [0.15, 0.2) is 5.69 Å². The summed E-state index contributed by atoms with van der Waals surface area (Å²) in [5, 5.41) is 16.8. The zero-order chi connectivity index (χ0) is 17.8. The molecule has 2 aromatic carbocycles. The molecule has 128 valence electrons. The molecule has 5 nitrogen and oxygen atoms in total. The van der Waals surface area contributed by atoms with Crippen LogP contribution in [0.5, 0.6) is 0 Å². The fourth-order valence-corrected chi connectivity index (χ4v) is 2.68. The van der Waals surface area contributed by atoms with Crippen LogP contribution in [0.1, 0.15) is 33.4 Å². The number of carbonyl (C=O) groups excluding carboxylic acids is 1. The minimum Gasteiger partial charge on any atom is -0.394 e. The maximum Gasteiger partial charge on any atom is 0.272 e. The van der Waals surface area contributed by atoms with Gasteiger partial charge in [0.25, 0.3) is 5.91 Å². The molecule has 2 N–H and O–H groups in total. The summed E-state index contributed by atoms with van der Waals surface area (Å²) in [5.74, 6) is -0.308. The summed E-state index contributed by atoms with van der Waals surface area (Å²) in [7, 11) is 0. The molecular weight excluding hydrogens is 314 g/mol. The minimum atomic E-state index is -0.460. The van der Waals surface area contributed by atoms with Crippen LogP contribution in [-0.4, -0.2) is 27.4 Å². The summed E-state index contributed by atoms with van der Waals surface area (Å²) in [5.41, 5.74) is 4.12. The van der Waals surface area contributed by atoms with Gasteiger partial charge in [0, 0.05) is 5.69 Å². The molecule has 1 heterocycles. The average molecular weight is 335 g/mol. The summed E-state index contributed by atoms with van der Waals surface area (Å²) >= 11 is 0. The highest BCUT2D eigenvalue weighted by Crippen LogP contribution is 2.15. The maximum absolute atomic E-state index is 12.5. The molecule has 1 aromatic heterocycles. The van der Waals surface area contributed by atoms with Gasteiger partial charge in [-0.1, -0.05) is 48.0 Å². The molecule has 1 atom stereocenters. The van der Waals surface area contributed by atoms with E-state index in [1.807, 2.05) is 68.4 Å². The van der Waals surface area contributed by atoms with Crippen molar-refractivity contribution in [3.05, 3.63) is 83.2 Å². The van der Waals surface area contributed by atoms with Crippen LogP contribution in [0.3, 0.4) is 0 Å². The Labute approximate surface area is 146 Å². The van der Waals surface area contributed by atoms with Crippen molar-refractivity contribution in [2.75, 3.05) is 6.61 Å². The van der Waals surface area contributed by atoms with Crippen LogP contribution in [0.2, 0.25) is 0 Å². The van der Waals surface area contributed by atoms with Gasteiger partial charge in [-0.05, 0) is 37.6 Å². The topological polar surface area (TPSA) is 67.2 Å². The lowest BCUT2D eigenvalue weighted by Gasteiger charge is -2.15. The van der Waals surface area contributed by atoms with E-state index in [9.17, 15) is 9.90 Å². The molecule has 0 saturated heterocycles. The number of carbonyl (C=O) groups is 1. The van der Waals surface area contributed by atoms with Crippen LogP contribution in [0.15, 0.2) is 60.7 Å². The highest BCUT2D eigenvalue weighted by Gasteiger charge is 2.18. The van der Waals surface area contributed by atoms with Gasteiger partial charge < -0.3 is 10.4 Å². The van der Waals surface area contributed by atoms with Crippen LogP contribution in [-0.2, 0) is 0 Å². The summed E-state index contributed by atoms with van der Waals surface area (Å²) in [4.78, 5) is 12.5. The second-order valence-electron chi connectivity index (χ2n) is 6.04. The van der Waals surface area contributed by atoms with Crippen molar-refractivity contribution in [1.29, 1.82) is 0 Å². The molecule has 0 bridgehead atoms. The summed E-state index contributed by atoms with van der Waals surface area (Å²) in [6.07, 6.45) is 0. The van der Waals surface area contributed by atoms with Gasteiger partial charge in [-0.25, -0.2) is 4.68 Å². The van der Waals surface area contributed by atoms with E-state index in [1.54, 1.807) is 10.7 Å². The molecule has 0 aliphatic rings. The fraction of sp³-hybridized carbons (Fsp3) is 0.200. The zero-order valence-electron chi connectivity index (χ0n) is 14.3. The Hall–Kier alpha value is -2.92. The Morgan fingerprint density at radius 1 is 1.12 bits per heavy atom. The first-order chi connectivity index (χ1) is 12.1. The molecule has 3 aromatic rings. The van der Waals surface area contributed by atoms with E-state index in [0.29, 0.717) is 5.69 Å². The predicted molar refractivity (Wildman–Crippen MR) is 96.8 cm³/mol. The molecule has 5 heteroatoms. The molecule has 0 fully saturated rings. The molecule has 0 aliphatic heterocycles. The molecule has 0 saturated carbocycles. The summed E-state index contributed by atoms with van der Waals surface area (Å²) in [6, 6.07) is 18.6. The molecule has 3 rings (SSSR count). The summed E-state index contributed by atoms with van der Waals surface area (Å²) in [6.45, 7) is 3.76. The standard InChI is InChI=1S/C20H21N3O2/c1-14-8-10-17(11-9-14)23-15(2)12-18(22-23)20(25)21-19(13-24)16-6-4-3-5-7-16/h3-12,19,24H,13H2,1-2H3,(H,21,25). The number of nitrogens with zero attached hydrogens (tertiary/aromatic N) is 2. The largest absolute Gasteiger partial charge is 0.394 e. The highest BCUT2D eigenvalue weighted by molar-refractivity contribution is 5.92. The van der Waals surface area contributed by atoms with E-state index in [4.69, 9.17) is 0 Å². The number of rotatable bonds is 5. The molecular formula is C20H21N3O2. The first-order valence-corrected chi connectivity index (χ1v) is 8.19. The predicted octanol–water partition coefficient (Wildman–Crippen LogP) is 2.95. The van der Waals surface area contributed by atoms with Crippen LogP contribution < -0.4 is 5.32 Å². The highest BCUT2D eigenvalue weighted by atomic mass is 16.3. The van der Waals surface area contributed by atoms with Crippen molar-refractivity contribution in [2.24, 2.45) is 0 Å². The maximum atomic E-state index is 12.5. The smallest absolute Gasteiger partial charge is 0.272 e. The number of aryl methyl sites for hydroxylation is 2. The van der Waals surface area contributed by atoms with Crippen molar-refractivity contribution in [1.82, 2.24) is 15.1 Å². The van der Waals surface area contributed by atoms with E-state index in [0.717, 1.165) is 16.9 Å². The van der Waals surface area contributed by atoms with Crippen LogP contribution >= 0.6 is 0 Å². The number of amides is 1. The van der Waals surface area contributed by atoms with Crippen LogP contribution in [0.4, 0.5) is 0 Å². The second-order valence-corrected chi connectivity index (χ2v) is 6.04. The van der Waals surface area contributed by atoms with E-state index >= 15 is 0 Å². The van der Waals surface area contributed by atoms with Gasteiger partial charge in [0.05, 0.1) is 18.3 Å². The number of aliphatic hydroxyl groups excluding tert-OH is 1. The lowest BCUT2D eigenvalue weighted by Crippen LogP contribution is -2.31. The van der Waals surface area contributed by atoms with Gasteiger partial charge >= 0.3 is 0 Å². The number of aliphatic hydroxyl groups is 1. The van der Waals surface area contributed by atoms with Gasteiger partial charge in [-0.15, -0.1) is 0 Å². The molecule has 1 amide bonds. The van der Waals surface area contributed by atoms with Crippen molar-refractivity contribution >= 4 is 5.91 Å². The quantitative estimate of drug-likeness (QED) is 0.753. The number of benzene rings is 2. The number of hydrogen-bond donors (Lipinski definition) is 2. The van der Waals surface area contributed by atoms with Gasteiger partial charge in [-0.2, -0.15) is 5.10 Å². The van der Waals surface area contributed by atoms with Gasteiger partial charge in [-0.3, -0.25) is 4.79 Å². The SMILES string of the molecule is Cc1ccc(-n2nc(C(=O)NC(CO)c3ccccc3)cc2C)cc1. The van der Waals surface area contributed by atoms with Crippen molar-refractivity contribution < 1.29 is 9.90 Å². The average Bonchev–Trinajstić information content (AvgIpc) is 3.03. The van der Waals surface area contributed by atoms with E-state index < -0.39 is 6.04 Å².